The first-order valence-electron chi connectivity index (χ1n) is 8.10. The van der Waals surface area contributed by atoms with E-state index in [4.69, 9.17) is 0 Å². The maximum Gasteiger partial charge on any atom is 0.240 e. The molecule has 1 aliphatic carbocycles. The van der Waals surface area contributed by atoms with Crippen LogP contribution in [0, 0.1) is 5.82 Å². The van der Waals surface area contributed by atoms with Crippen LogP contribution in [0.15, 0.2) is 53.4 Å². The van der Waals surface area contributed by atoms with Crippen molar-refractivity contribution < 1.29 is 17.6 Å². The SMILES string of the molecule is O=C(CCc1ccc(S(=O)(=O)NC2CC2)cc1)Nc1ccccc1F. The summed E-state index contributed by atoms with van der Waals surface area (Å²) < 4.78 is 40.3. The lowest BCUT2D eigenvalue weighted by Crippen LogP contribution is -2.25. The van der Waals surface area contributed by atoms with E-state index in [0.29, 0.717) is 6.42 Å². The van der Waals surface area contributed by atoms with Gasteiger partial charge < -0.3 is 5.32 Å². The van der Waals surface area contributed by atoms with Gasteiger partial charge in [0.25, 0.3) is 0 Å². The summed E-state index contributed by atoms with van der Waals surface area (Å²) in [6, 6.07) is 12.5. The molecule has 5 nitrogen and oxygen atoms in total. The molecular formula is C18H19FN2O3S. The van der Waals surface area contributed by atoms with Gasteiger partial charge in [0.2, 0.25) is 15.9 Å². The number of amides is 1. The Hall–Kier alpha value is -2.25. The summed E-state index contributed by atoms with van der Waals surface area (Å²) in [4.78, 5) is 12.1. The van der Waals surface area contributed by atoms with E-state index in [9.17, 15) is 17.6 Å². The van der Waals surface area contributed by atoms with E-state index in [1.54, 1.807) is 24.3 Å². The van der Waals surface area contributed by atoms with Crippen LogP contribution in [0.2, 0.25) is 0 Å². The molecule has 1 fully saturated rings. The summed E-state index contributed by atoms with van der Waals surface area (Å²) in [6.45, 7) is 0. The van der Waals surface area contributed by atoms with Crippen LogP contribution in [-0.2, 0) is 21.2 Å². The van der Waals surface area contributed by atoms with Crippen LogP contribution in [0.5, 0.6) is 0 Å². The van der Waals surface area contributed by atoms with E-state index in [1.165, 1.54) is 24.3 Å². The van der Waals surface area contributed by atoms with Gasteiger partial charge in [-0.3, -0.25) is 4.79 Å². The number of aryl methyl sites for hydroxylation is 1. The molecule has 0 atom stereocenters. The van der Waals surface area contributed by atoms with Crippen molar-refractivity contribution in [3.05, 3.63) is 59.9 Å². The minimum Gasteiger partial charge on any atom is -0.324 e. The Bertz CT molecular complexity index is 862. The minimum atomic E-state index is -3.46. The zero-order chi connectivity index (χ0) is 17.9. The number of sulfonamides is 1. The maximum absolute atomic E-state index is 13.5. The lowest BCUT2D eigenvalue weighted by Gasteiger charge is -2.08. The van der Waals surface area contributed by atoms with Gasteiger partial charge in [0.15, 0.2) is 0 Å². The normalized spacial score (nSPS) is 14.3. The zero-order valence-electron chi connectivity index (χ0n) is 13.5. The summed E-state index contributed by atoms with van der Waals surface area (Å²) >= 11 is 0. The third-order valence-corrected chi connectivity index (χ3v) is 5.46. The fraction of sp³-hybridized carbons (Fsp3) is 0.278. The van der Waals surface area contributed by atoms with E-state index in [1.807, 2.05) is 0 Å². The highest BCUT2D eigenvalue weighted by Crippen LogP contribution is 2.22. The van der Waals surface area contributed by atoms with Gasteiger partial charge in [-0.15, -0.1) is 0 Å². The summed E-state index contributed by atoms with van der Waals surface area (Å²) in [6.07, 6.45) is 2.39. The first-order chi connectivity index (χ1) is 11.9. The van der Waals surface area contributed by atoms with Crippen molar-refractivity contribution in [2.45, 2.75) is 36.6 Å². The molecule has 25 heavy (non-hydrogen) atoms. The molecule has 0 aliphatic heterocycles. The van der Waals surface area contributed by atoms with E-state index in [0.717, 1.165) is 18.4 Å². The molecule has 0 unspecified atom stereocenters. The van der Waals surface area contributed by atoms with Gasteiger partial charge in [-0.2, -0.15) is 0 Å². The molecule has 0 bridgehead atoms. The first kappa shape index (κ1) is 17.6. The van der Waals surface area contributed by atoms with Crippen molar-refractivity contribution in [3.63, 3.8) is 0 Å². The molecule has 3 rings (SSSR count). The minimum absolute atomic E-state index is 0.0618. The zero-order valence-corrected chi connectivity index (χ0v) is 14.4. The molecule has 7 heteroatoms. The Morgan fingerprint density at radius 2 is 1.76 bits per heavy atom. The summed E-state index contributed by atoms with van der Waals surface area (Å²) in [5.74, 6) is -0.772. The highest BCUT2D eigenvalue weighted by Gasteiger charge is 2.27. The number of nitrogens with one attached hydrogen (secondary N) is 2. The highest BCUT2D eigenvalue weighted by atomic mass is 32.2. The molecule has 0 saturated heterocycles. The molecule has 0 spiro atoms. The second kappa shape index (κ2) is 7.33. The molecule has 2 aromatic rings. The Morgan fingerprint density at radius 1 is 1.08 bits per heavy atom. The number of rotatable bonds is 7. The maximum atomic E-state index is 13.5. The van der Waals surface area contributed by atoms with E-state index < -0.39 is 15.8 Å². The molecule has 2 N–H and O–H groups in total. The molecule has 1 aliphatic rings. The third kappa shape index (κ3) is 4.87. The van der Waals surface area contributed by atoms with Crippen LogP contribution in [0.4, 0.5) is 10.1 Å². The Kier molecular flexibility index (Phi) is 5.15. The van der Waals surface area contributed by atoms with Crippen LogP contribution < -0.4 is 10.0 Å². The highest BCUT2D eigenvalue weighted by molar-refractivity contribution is 7.89. The number of halogens is 1. The average Bonchev–Trinajstić information content (AvgIpc) is 3.39. The van der Waals surface area contributed by atoms with Crippen molar-refractivity contribution in [2.24, 2.45) is 0 Å². The second-order valence-electron chi connectivity index (χ2n) is 6.07. The fourth-order valence-corrected chi connectivity index (χ4v) is 3.66. The fourth-order valence-electron chi connectivity index (χ4n) is 2.36. The summed E-state index contributed by atoms with van der Waals surface area (Å²) in [5.41, 5.74) is 0.995. The Balaban J connectivity index is 1.55. The lowest BCUT2D eigenvalue weighted by atomic mass is 10.1. The topological polar surface area (TPSA) is 75.3 Å². The Labute approximate surface area is 146 Å². The number of hydrogen-bond acceptors (Lipinski definition) is 3. The first-order valence-corrected chi connectivity index (χ1v) is 9.58. The predicted molar refractivity (Wildman–Crippen MR) is 93.1 cm³/mol. The van der Waals surface area contributed by atoms with Gasteiger partial charge in [-0.1, -0.05) is 24.3 Å². The molecular weight excluding hydrogens is 343 g/mol. The monoisotopic (exact) mass is 362 g/mol. The molecule has 2 aromatic carbocycles. The number of para-hydroxylation sites is 1. The van der Waals surface area contributed by atoms with Gasteiger partial charge in [-0.05, 0) is 49.1 Å². The van der Waals surface area contributed by atoms with Crippen molar-refractivity contribution in [1.82, 2.24) is 4.72 Å². The van der Waals surface area contributed by atoms with Crippen molar-refractivity contribution in [1.29, 1.82) is 0 Å². The number of benzene rings is 2. The molecule has 132 valence electrons. The van der Waals surface area contributed by atoms with E-state index in [-0.39, 0.29) is 29.0 Å². The van der Waals surface area contributed by atoms with E-state index in [2.05, 4.69) is 10.0 Å². The van der Waals surface area contributed by atoms with Crippen molar-refractivity contribution >= 4 is 21.6 Å². The van der Waals surface area contributed by atoms with Gasteiger partial charge in [-0.25, -0.2) is 17.5 Å². The van der Waals surface area contributed by atoms with E-state index >= 15 is 0 Å². The van der Waals surface area contributed by atoms with Gasteiger partial charge in [0, 0.05) is 12.5 Å². The van der Waals surface area contributed by atoms with Crippen LogP contribution >= 0.6 is 0 Å². The average molecular weight is 362 g/mol. The molecule has 0 aromatic heterocycles. The third-order valence-electron chi connectivity index (χ3n) is 3.92. The lowest BCUT2D eigenvalue weighted by molar-refractivity contribution is -0.116. The number of carbonyl (C=O) groups excluding carboxylic acids is 1. The van der Waals surface area contributed by atoms with Gasteiger partial charge >= 0.3 is 0 Å². The summed E-state index contributed by atoms with van der Waals surface area (Å²) in [5, 5.41) is 2.52. The molecule has 0 heterocycles. The molecule has 1 amide bonds. The largest absolute Gasteiger partial charge is 0.324 e. The predicted octanol–water partition coefficient (Wildman–Crippen LogP) is 2.84. The smallest absolute Gasteiger partial charge is 0.240 e. The van der Waals surface area contributed by atoms with Crippen LogP contribution in [0.25, 0.3) is 0 Å². The van der Waals surface area contributed by atoms with Crippen molar-refractivity contribution in [3.8, 4) is 0 Å². The van der Waals surface area contributed by atoms with Crippen molar-refractivity contribution in [2.75, 3.05) is 5.32 Å². The van der Waals surface area contributed by atoms with Crippen LogP contribution in [0.3, 0.4) is 0 Å². The second-order valence-corrected chi connectivity index (χ2v) is 7.78. The molecule has 1 saturated carbocycles. The molecule has 0 radical (unpaired) electrons. The van der Waals surface area contributed by atoms with Crippen LogP contribution in [0.1, 0.15) is 24.8 Å². The van der Waals surface area contributed by atoms with Crippen LogP contribution in [-0.4, -0.2) is 20.4 Å². The Morgan fingerprint density at radius 3 is 2.40 bits per heavy atom. The number of anilines is 1. The number of carbonyl (C=O) groups is 1. The van der Waals surface area contributed by atoms with Gasteiger partial charge in [0.05, 0.1) is 10.6 Å². The number of hydrogen-bond donors (Lipinski definition) is 2. The quantitative estimate of drug-likeness (QED) is 0.795. The summed E-state index contributed by atoms with van der Waals surface area (Å²) in [7, 11) is -3.46. The van der Waals surface area contributed by atoms with Gasteiger partial charge in [0.1, 0.15) is 5.82 Å². The standard InChI is InChI=1S/C18H19FN2O3S/c19-16-3-1-2-4-17(16)20-18(22)12-7-13-5-10-15(11-6-13)25(23,24)21-14-8-9-14/h1-6,10-11,14,21H,7-9,12H2,(H,20,22).